The SMILES string of the molecule is COc1ccc(C(C)=O)cc1CN(C)CCCC(=O)O. The number of carbonyl (C=O) groups is 2. The number of methoxy groups -OCH3 is 1. The molecule has 1 N–H and O–H groups in total. The van der Waals surface area contributed by atoms with E-state index in [4.69, 9.17) is 9.84 Å². The van der Waals surface area contributed by atoms with E-state index in [9.17, 15) is 9.59 Å². The summed E-state index contributed by atoms with van der Waals surface area (Å²) in [4.78, 5) is 23.9. The average Bonchev–Trinajstić information content (AvgIpc) is 2.38. The Balaban J connectivity index is 2.71. The van der Waals surface area contributed by atoms with Crippen LogP contribution in [0, 0.1) is 0 Å². The summed E-state index contributed by atoms with van der Waals surface area (Å²) < 4.78 is 5.29. The summed E-state index contributed by atoms with van der Waals surface area (Å²) >= 11 is 0. The van der Waals surface area contributed by atoms with Gasteiger partial charge in [0, 0.05) is 24.1 Å². The first kappa shape index (κ1) is 16.2. The van der Waals surface area contributed by atoms with E-state index >= 15 is 0 Å². The topological polar surface area (TPSA) is 66.8 Å². The zero-order valence-corrected chi connectivity index (χ0v) is 12.2. The van der Waals surface area contributed by atoms with Crippen molar-refractivity contribution in [3.05, 3.63) is 29.3 Å². The lowest BCUT2D eigenvalue weighted by atomic mass is 10.1. The van der Waals surface area contributed by atoms with Crippen LogP contribution in [0.1, 0.15) is 35.7 Å². The Kier molecular flexibility index (Phi) is 6.18. The van der Waals surface area contributed by atoms with E-state index in [1.54, 1.807) is 19.2 Å². The summed E-state index contributed by atoms with van der Waals surface area (Å²) in [6, 6.07) is 5.36. The molecule has 20 heavy (non-hydrogen) atoms. The molecule has 0 aromatic heterocycles. The van der Waals surface area contributed by atoms with Crippen LogP contribution in [0.25, 0.3) is 0 Å². The first-order chi connectivity index (χ1) is 9.43. The minimum Gasteiger partial charge on any atom is -0.496 e. The monoisotopic (exact) mass is 279 g/mol. The van der Waals surface area contributed by atoms with Gasteiger partial charge in [0.15, 0.2) is 5.78 Å². The summed E-state index contributed by atoms with van der Waals surface area (Å²) in [6.07, 6.45) is 0.759. The molecule has 1 aromatic rings. The molecule has 0 saturated carbocycles. The predicted molar refractivity (Wildman–Crippen MR) is 76.2 cm³/mol. The third kappa shape index (κ3) is 5.01. The summed E-state index contributed by atoms with van der Waals surface area (Å²) in [7, 11) is 3.51. The van der Waals surface area contributed by atoms with E-state index in [1.165, 1.54) is 6.92 Å². The largest absolute Gasteiger partial charge is 0.496 e. The minimum atomic E-state index is -0.783. The first-order valence-electron chi connectivity index (χ1n) is 6.52. The highest BCUT2D eigenvalue weighted by Gasteiger charge is 2.10. The number of carbonyl (C=O) groups excluding carboxylic acids is 1. The molecule has 0 amide bonds. The highest BCUT2D eigenvalue weighted by atomic mass is 16.5. The standard InChI is InChI=1S/C15H21NO4/c1-11(17)12-6-7-14(20-3)13(9-12)10-16(2)8-4-5-15(18)19/h6-7,9H,4-5,8,10H2,1-3H3,(H,18,19). The third-order valence-electron chi connectivity index (χ3n) is 3.06. The van der Waals surface area contributed by atoms with Crippen molar-refractivity contribution >= 4 is 11.8 Å². The Morgan fingerprint density at radius 3 is 2.60 bits per heavy atom. The quantitative estimate of drug-likeness (QED) is 0.739. The van der Waals surface area contributed by atoms with Gasteiger partial charge >= 0.3 is 5.97 Å². The van der Waals surface area contributed by atoms with Crippen LogP contribution in [-0.4, -0.2) is 42.5 Å². The number of aliphatic carboxylic acids is 1. The Morgan fingerprint density at radius 2 is 2.05 bits per heavy atom. The molecule has 0 atom stereocenters. The van der Waals surface area contributed by atoms with Crippen LogP contribution in [0.4, 0.5) is 0 Å². The molecule has 0 heterocycles. The summed E-state index contributed by atoms with van der Waals surface area (Å²) in [6.45, 7) is 2.83. The molecule has 0 radical (unpaired) electrons. The molecule has 5 nitrogen and oxygen atoms in total. The van der Waals surface area contributed by atoms with Gasteiger partial charge in [0.05, 0.1) is 7.11 Å². The highest BCUT2D eigenvalue weighted by molar-refractivity contribution is 5.94. The zero-order valence-electron chi connectivity index (χ0n) is 12.2. The average molecular weight is 279 g/mol. The minimum absolute atomic E-state index is 0.0161. The molecule has 0 aliphatic rings. The van der Waals surface area contributed by atoms with Crippen LogP contribution in [0.5, 0.6) is 5.75 Å². The second kappa shape index (κ2) is 7.65. The van der Waals surface area contributed by atoms with Gasteiger partial charge in [0.1, 0.15) is 5.75 Å². The molecule has 0 saturated heterocycles. The van der Waals surface area contributed by atoms with Crippen molar-refractivity contribution in [3.8, 4) is 5.75 Å². The van der Waals surface area contributed by atoms with Crippen LogP contribution >= 0.6 is 0 Å². The molecule has 0 unspecified atom stereocenters. The van der Waals surface area contributed by atoms with Crippen LogP contribution in [0.15, 0.2) is 18.2 Å². The summed E-state index contributed by atoms with van der Waals surface area (Å²) in [5, 5.41) is 8.62. The lowest BCUT2D eigenvalue weighted by molar-refractivity contribution is -0.137. The van der Waals surface area contributed by atoms with Gasteiger partial charge in [0.2, 0.25) is 0 Å². The number of carboxylic acids is 1. The fourth-order valence-electron chi connectivity index (χ4n) is 1.99. The summed E-state index contributed by atoms with van der Waals surface area (Å²) in [5.41, 5.74) is 1.58. The Morgan fingerprint density at radius 1 is 1.35 bits per heavy atom. The number of hydrogen-bond donors (Lipinski definition) is 1. The maximum Gasteiger partial charge on any atom is 0.303 e. The van der Waals surface area contributed by atoms with Crippen LogP contribution in [0.3, 0.4) is 0 Å². The number of rotatable bonds is 8. The molecule has 0 fully saturated rings. The summed E-state index contributed by atoms with van der Waals surface area (Å²) in [5.74, 6) is -0.0305. The number of ether oxygens (including phenoxy) is 1. The van der Waals surface area contributed by atoms with E-state index in [1.807, 2.05) is 18.0 Å². The van der Waals surface area contributed by atoms with Gasteiger partial charge in [-0.05, 0) is 45.1 Å². The lowest BCUT2D eigenvalue weighted by Gasteiger charge is -2.18. The highest BCUT2D eigenvalue weighted by Crippen LogP contribution is 2.21. The van der Waals surface area contributed by atoms with Gasteiger partial charge in [-0.3, -0.25) is 9.59 Å². The number of nitrogens with zero attached hydrogens (tertiary/aromatic N) is 1. The molecule has 5 heteroatoms. The van der Waals surface area contributed by atoms with E-state index in [2.05, 4.69) is 0 Å². The zero-order chi connectivity index (χ0) is 15.1. The van der Waals surface area contributed by atoms with Crippen molar-refractivity contribution in [2.45, 2.75) is 26.3 Å². The van der Waals surface area contributed by atoms with Crippen LogP contribution < -0.4 is 4.74 Å². The van der Waals surface area contributed by atoms with Crippen molar-refractivity contribution in [1.82, 2.24) is 4.90 Å². The number of hydrogen-bond acceptors (Lipinski definition) is 4. The first-order valence-corrected chi connectivity index (χ1v) is 6.52. The molecule has 0 bridgehead atoms. The van der Waals surface area contributed by atoms with Crippen LogP contribution in [0.2, 0.25) is 0 Å². The number of ketones is 1. The normalized spacial score (nSPS) is 10.6. The fourth-order valence-corrected chi connectivity index (χ4v) is 1.99. The molecule has 0 aliphatic carbocycles. The molecule has 0 aliphatic heterocycles. The maximum atomic E-state index is 11.4. The smallest absolute Gasteiger partial charge is 0.303 e. The third-order valence-corrected chi connectivity index (χ3v) is 3.06. The molecule has 0 spiro atoms. The van der Waals surface area contributed by atoms with Gasteiger partial charge in [-0.2, -0.15) is 0 Å². The van der Waals surface area contributed by atoms with Crippen molar-refractivity contribution in [2.75, 3.05) is 20.7 Å². The number of carboxylic acid groups (broad SMARTS) is 1. The van der Waals surface area contributed by atoms with E-state index in [-0.39, 0.29) is 12.2 Å². The Bertz CT molecular complexity index is 485. The van der Waals surface area contributed by atoms with E-state index in [0.717, 1.165) is 11.3 Å². The van der Waals surface area contributed by atoms with E-state index in [0.29, 0.717) is 25.1 Å². The number of Topliss-reactive ketones (excluding diaryl/α,β-unsaturated/α-hetero) is 1. The van der Waals surface area contributed by atoms with Crippen molar-refractivity contribution in [3.63, 3.8) is 0 Å². The predicted octanol–water partition coefficient (Wildman–Crippen LogP) is 2.19. The second-order valence-electron chi connectivity index (χ2n) is 4.82. The number of benzene rings is 1. The molecular weight excluding hydrogens is 258 g/mol. The lowest BCUT2D eigenvalue weighted by Crippen LogP contribution is -2.20. The molecule has 1 rings (SSSR count). The molecular formula is C15H21NO4. The Hall–Kier alpha value is -1.88. The second-order valence-corrected chi connectivity index (χ2v) is 4.82. The van der Waals surface area contributed by atoms with Gasteiger partial charge in [-0.1, -0.05) is 0 Å². The van der Waals surface area contributed by atoms with Gasteiger partial charge in [-0.15, -0.1) is 0 Å². The van der Waals surface area contributed by atoms with Crippen molar-refractivity contribution < 1.29 is 19.4 Å². The van der Waals surface area contributed by atoms with E-state index < -0.39 is 5.97 Å². The van der Waals surface area contributed by atoms with Gasteiger partial charge < -0.3 is 14.7 Å². The molecule has 1 aromatic carbocycles. The van der Waals surface area contributed by atoms with Crippen LogP contribution in [-0.2, 0) is 11.3 Å². The van der Waals surface area contributed by atoms with Crippen molar-refractivity contribution in [1.29, 1.82) is 0 Å². The maximum absolute atomic E-state index is 11.4. The van der Waals surface area contributed by atoms with Crippen molar-refractivity contribution in [2.24, 2.45) is 0 Å². The fraction of sp³-hybridized carbons (Fsp3) is 0.467. The molecule has 110 valence electrons. The van der Waals surface area contributed by atoms with Gasteiger partial charge in [-0.25, -0.2) is 0 Å². The Labute approximate surface area is 119 Å². The van der Waals surface area contributed by atoms with Gasteiger partial charge in [0.25, 0.3) is 0 Å².